The van der Waals surface area contributed by atoms with Gasteiger partial charge < -0.3 is 15.3 Å². The average molecular weight is 318 g/mol. The van der Waals surface area contributed by atoms with Gasteiger partial charge in [-0.2, -0.15) is 0 Å². The van der Waals surface area contributed by atoms with Crippen molar-refractivity contribution in [3.05, 3.63) is 34.9 Å². The first-order chi connectivity index (χ1) is 10.9. The minimum atomic E-state index is -0.805. The van der Waals surface area contributed by atoms with Crippen molar-refractivity contribution >= 4 is 17.8 Å². The van der Waals surface area contributed by atoms with E-state index in [0.717, 1.165) is 11.1 Å². The molecule has 23 heavy (non-hydrogen) atoms. The van der Waals surface area contributed by atoms with Gasteiger partial charge in [0.05, 0.1) is 12.5 Å². The summed E-state index contributed by atoms with van der Waals surface area (Å²) in [5.74, 6) is -1.63. The van der Waals surface area contributed by atoms with E-state index >= 15 is 0 Å². The van der Waals surface area contributed by atoms with Crippen LogP contribution in [0.5, 0.6) is 0 Å². The van der Waals surface area contributed by atoms with Gasteiger partial charge in [0.15, 0.2) is 0 Å². The lowest BCUT2D eigenvalue weighted by Gasteiger charge is -2.30. The number of amides is 2. The number of aliphatic carboxylic acids is 1. The smallest absolute Gasteiger partial charge is 0.306 e. The highest BCUT2D eigenvalue weighted by molar-refractivity contribution is 5.96. The molecule has 0 radical (unpaired) electrons. The molecule has 2 N–H and O–H groups in total. The van der Waals surface area contributed by atoms with Crippen LogP contribution in [0.25, 0.3) is 0 Å². The SMILES string of the molecule is Cc1ccc(C(=O)NCC(=O)N2CCC(C(=O)O)CC2)cc1C. The molecule has 2 rings (SSSR count). The number of likely N-dealkylation sites (tertiary alicyclic amines) is 1. The van der Waals surface area contributed by atoms with Gasteiger partial charge in [-0.15, -0.1) is 0 Å². The fraction of sp³-hybridized carbons (Fsp3) is 0.471. The van der Waals surface area contributed by atoms with Crippen LogP contribution in [0, 0.1) is 19.8 Å². The van der Waals surface area contributed by atoms with Crippen LogP contribution in [0.2, 0.25) is 0 Å². The van der Waals surface area contributed by atoms with Crippen molar-refractivity contribution in [2.24, 2.45) is 5.92 Å². The summed E-state index contributed by atoms with van der Waals surface area (Å²) < 4.78 is 0. The third-order valence-corrected chi connectivity index (χ3v) is 4.37. The summed E-state index contributed by atoms with van der Waals surface area (Å²) in [6, 6.07) is 5.41. The molecule has 0 unspecified atom stereocenters. The predicted octanol–water partition coefficient (Wildman–Crippen LogP) is 1.36. The van der Waals surface area contributed by atoms with E-state index in [0.29, 0.717) is 31.5 Å². The molecule has 6 heteroatoms. The second-order valence-corrected chi connectivity index (χ2v) is 5.98. The number of benzene rings is 1. The van der Waals surface area contributed by atoms with E-state index in [-0.39, 0.29) is 24.3 Å². The number of carbonyl (C=O) groups excluding carboxylic acids is 2. The second-order valence-electron chi connectivity index (χ2n) is 5.98. The van der Waals surface area contributed by atoms with Gasteiger partial charge in [0.25, 0.3) is 5.91 Å². The number of nitrogens with one attached hydrogen (secondary N) is 1. The lowest BCUT2D eigenvalue weighted by atomic mass is 9.97. The number of hydrogen-bond acceptors (Lipinski definition) is 3. The van der Waals surface area contributed by atoms with Crippen LogP contribution in [0.15, 0.2) is 18.2 Å². The molecular weight excluding hydrogens is 296 g/mol. The van der Waals surface area contributed by atoms with E-state index in [2.05, 4.69) is 5.32 Å². The first-order valence-electron chi connectivity index (χ1n) is 7.74. The molecular formula is C17H22N2O4. The molecule has 0 aliphatic carbocycles. The lowest BCUT2D eigenvalue weighted by molar-refractivity contribution is -0.145. The number of piperidine rings is 1. The molecule has 0 aromatic heterocycles. The largest absolute Gasteiger partial charge is 0.481 e. The number of carboxylic acids is 1. The van der Waals surface area contributed by atoms with E-state index in [1.54, 1.807) is 17.0 Å². The highest BCUT2D eigenvalue weighted by Gasteiger charge is 2.26. The van der Waals surface area contributed by atoms with Gasteiger partial charge in [-0.25, -0.2) is 0 Å². The molecule has 1 aliphatic heterocycles. The Kier molecular flexibility index (Phi) is 5.36. The Hall–Kier alpha value is -2.37. The molecule has 2 amide bonds. The zero-order valence-electron chi connectivity index (χ0n) is 13.5. The molecule has 1 aromatic rings. The van der Waals surface area contributed by atoms with Crippen molar-refractivity contribution in [3.8, 4) is 0 Å². The quantitative estimate of drug-likeness (QED) is 0.877. The van der Waals surface area contributed by atoms with Gasteiger partial charge in [0, 0.05) is 18.7 Å². The second kappa shape index (κ2) is 7.26. The van der Waals surface area contributed by atoms with Crippen LogP contribution < -0.4 is 5.32 Å². The number of carboxylic acid groups (broad SMARTS) is 1. The van der Waals surface area contributed by atoms with E-state index in [1.165, 1.54) is 0 Å². The van der Waals surface area contributed by atoms with Crippen molar-refractivity contribution in [2.75, 3.05) is 19.6 Å². The molecule has 1 aliphatic rings. The van der Waals surface area contributed by atoms with Crippen LogP contribution in [0.1, 0.15) is 34.3 Å². The van der Waals surface area contributed by atoms with Gasteiger partial charge in [0.2, 0.25) is 5.91 Å². The molecule has 1 fully saturated rings. The third-order valence-electron chi connectivity index (χ3n) is 4.37. The summed E-state index contributed by atoms with van der Waals surface area (Å²) in [6.07, 6.45) is 0.929. The van der Waals surface area contributed by atoms with Crippen molar-refractivity contribution in [3.63, 3.8) is 0 Å². The molecule has 1 heterocycles. The maximum atomic E-state index is 12.1. The summed E-state index contributed by atoms with van der Waals surface area (Å²) in [6.45, 7) is 4.69. The zero-order valence-corrected chi connectivity index (χ0v) is 13.5. The van der Waals surface area contributed by atoms with Gasteiger partial charge in [-0.05, 0) is 49.9 Å². The number of rotatable bonds is 4. The summed E-state index contributed by atoms with van der Waals surface area (Å²) in [5, 5.41) is 11.6. The Labute approximate surface area is 135 Å². The van der Waals surface area contributed by atoms with E-state index < -0.39 is 5.97 Å². The van der Waals surface area contributed by atoms with Crippen LogP contribution in [-0.4, -0.2) is 47.4 Å². The topological polar surface area (TPSA) is 86.7 Å². The summed E-state index contributed by atoms with van der Waals surface area (Å²) in [4.78, 5) is 36.7. The summed E-state index contributed by atoms with van der Waals surface area (Å²) in [7, 11) is 0. The Morgan fingerprint density at radius 3 is 2.39 bits per heavy atom. The number of aryl methyl sites for hydroxylation is 2. The Morgan fingerprint density at radius 1 is 1.17 bits per heavy atom. The fourth-order valence-electron chi connectivity index (χ4n) is 2.63. The number of carbonyl (C=O) groups is 3. The van der Waals surface area contributed by atoms with Gasteiger partial charge in [-0.3, -0.25) is 14.4 Å². The van der Waals surface area contributed by atoms with Crippen molar-refractivity contribution < 1.29 is 19.5 Å². The Bertz CT molecular complexity index is 619. The lowest BCUT2D eigenvalue weighted by Crippen LogP contribution is -2.45. The minimum Gasteiger partial charge on any atom is -0.481 e. The molecule has 1 saturated heterocycles. The maximum Gasteiger partial charge on any atom is 0.306 e. The van der Waals surface area contributed by atoms with E-state index in [9.17, 15) is 14.4 Å². The normalized spacial score (nSPS) is 15.3. The molecule has 6 nitrogen and oxygen atoms in total. The van der Waals surface area contributed by atoms with Crippen molar-refractivity contribution in [2.45, 2.75) is 26.7 Å². The first kappa shape index (κ1) is 17.0. The summed E-state index contributed by atoms with van der Waals surface area (Å²) in [5.41, 5.74) is 2.67. The third kappa shape index (κ3) is 4.31. The van der Waals surface area contributed by atoms with Gasteiger partial charge in [-0.1, -0.05) is 6.07 Å². The van der Waals surface area contributed by atoms with Crippen LogP contribution in [0.3, 0.4) is 0 Å². The number of nitrogens with zero attached hydrogens (tertiary/aromatic N) is 1. The minimum absolute atomic E-state index is 0.0660. The molecule has 0 atom stereocenters. The van der Waals surface area contributed by atoms with Gasteiger partial charge in [0.1, 0.15) is 0 Å². The maximum absolute atomic E-state index is 12.1. The molecule has 0 spiro atoms. The standard InChI is InChI=1S/C17H22N2O4/c1-11-3-4-14(9-12(11)2)16(21)18-10-15(20)19-7-5-13(6-8-19)17(22)23/h3-4,9,13H,5-8,10H2,1-2H3,(H,18,21)(H,22,23). The molecule has 0 bridgehead atoms. The van der Waals surface area contributed by atoms with Gasteiger partial charge >= 0.3 is 5.97 Å². The monoisotopic (exact) mass is 318 g/mol. The van der Waals surface area contributed by atoms with Crippen LogP contribution in [0.4, 0.5) is 0 Å². The fourth-order valence-corrected chi connectivity index (χ4v) is 2.63. The van der Waals surface area contributed by atoms with E-state index in [1.807, 2.05) is 19.9 Å². The van der Waals surface area contributed by atoms with Crippen molar-refractivity contribution in [1.82, 2.24) is 10.2 Å². The molecule has 1 aromatic carbocycles. The number of hydrogen-bond donors (Lipinski definition) is 2. The highest BCUT2D eigenvalue weighted by Crippen LogP contribution is 2.17. The Balaban J connectivity index is 1.83. The molecule has 124 valence electrons. The highest BCUT2D eigenvalue weighted by atomic mass is 16.4. The first-order valence-corrected chi connectivity index (χ1v) is 7.74. The Morgan fingerprint density at radius 2 is 1.83 bits per heavy atom. The predicted molar refractivity (Wildman–Crippen MR) is 85.2 cm³/mol. The van der Waals surface area contributed by atoms with Crippen molar-refractivity contribution in [1.29, 1.82) is 0 Å². The van der Waals surface area contributed by atoms with E-state index in [4.69, 9.17) is 5.11 Å². The zero-order chi connectivity index (χ0) is 17.0. The van der Waals surface area contributed by atoms with Crippen LogP contribution >= 0.6 is 0 Å². The van der Waals surface area contributed by atoms with Crippen LogP contribution in [-0.2, 0) is 9.59 Å². The molecule has 0 saturated carbocycles. The summed E-state index contributed by atoms with van der Waals surface area (Å²) >= 11 is 0. The average Bonchev–Trinajstić information content (AvgIpc) is 2.54.